The van der Waals surface area contributed by atoms with Gasteiger partial charge in [0.25, 0.3) is 0 Å². The molecule has 0 N–H and O–H groups in total. The molecule has 0 amide bonds. The molecule has 0 aromatic heterocycles. The minimum Gasteiger partial charge on any atom is -0.496 e. The van der Waals surface area contributed by atoms with Gasteiger partial charge in [-0.25, -0.2) is 0 Å². The fourth-order valence-electron chi connectivity index (χ4n) is 2.51. The van der Waals surface area contributed by atoms with Gasteiger partial charge in [0.2, 0.25) is 5.78 Å². The van der Waals surface area contributed by atoms with Crippen LogP contribution >= 0.6 is 0 Å². The molecule has 1 aliphatic rings. The van der Waals surface area contributed by atoms with Crippen LogP contribution < -0.4 is 4.74 Å². The van der Waals surface area contributed by atoms with Crippen LogP contribution in [0.4, 0.5) is 0 Å². The molecule has 2 rings (SSSR count). The second kappa shape index (κ2) is 5.48. The van der Waals surface area contributed by atoms with Crippen LogP contribution in [0.25, 0.3) is 0 Å². The molecule has 0 bridgehead atoms. The SMILES string of the molecule is C=C(C)CC1=C(C(C)=O)C(=O)c2c(OC)cccc2C1=O. The molecule has 108 valence electrons. The number of benzene rings is 1. The predicted octanol–water partition coefficient (Wildman–Crippen LogP) is 2.93. The third-order valence-electron chi connectivity index (χ3n) is 3.35. The fraction of sp³-hybridized carbons (Fsp3) is 0.235. The van der Waals surface area contributed by atoms with Crippen LogP contribution in [0.3, 0.4) is 0 Å². The van der Waals surface area contributed by atoms with Crippen molar-refractivity contribution in [2.75, 3.05) is 7.11 Å². The number of rotatable bonds is 4. The molecule has 1 aromatic rings. The summed E-state index contributed by atoms with van der Waals surface area (Å²) in [6.45, 7) is 6.80. The first-order chi connectivity index (χ1) is 9.88. The summed E-state index contributed by atoms with van der Waals surface area (Å²) in [7, 11) is 1.42. The smallest absolute Gasteiger partial charge is 0.201 e. The molecule has 1 aliphatic carbocycles. The lowest BCUT2D eigenvalue weighted by Crippen LogP contribution is -2.26. The van der Waals surface area contributed by atoms with Crippen molar-refractivity contribution in [1.29, 1.82) is 0 Å². The van der Waals surface area contributed by atoms with Crippen molar-refractivity contribution in [3.8, 4) is 5.75 Å². The van der Waals surface area contributed by atoms with E-state index in [1.165, 1.54) is 14.0 Å². The molecular formula is C17H16O4. The molecule has 0 unspecified atom stereocenters. The Bertz CT molecular complexity index is 708. The number of ketones is 3. The van der Waals surface area contributed by atoms with Gasteiger partial charge < -0.3 is 4.74 Å². The number of carbonyl (C=O) groups is 3. The second-order valence-electron chi connectivity index (χ2n) is 5.08. The van der Waals surface area contributed by atoms with Gasteiger partial charge in [-0.1, -0.05) is 24.3 Å². The Morgan fingerprint density at radius 3 is 2.38 bits per heavy atom. The summed E-state index contributed by atoms with van der Waals surface area (Å²) in [5.41, 5.74) is 1.33. The third kappa shape index (κ3) is 2.44. The highest BCUT2D eigenvalue weighted by Crippen LogP contribution is 2.34. The quantitative estimate of drug-likeness (QED) is 0.630. The van der Waals surface area contributed by atoms with Crippen LogP contribution in [-0.4, -0.2) is 24.5 Å². The van der Waals surface area contributed by atoms with Crippen molar-refractivity contribution in [2.24, 2.45) is 0 Å². The highest BCUT2D eigenvalue weighted by molar-refractivity contribution is 6.37. The maximum atomic E-state index is 12.6. The van der Waals surface area contributed by atoms with Crippen molar-refractivity contribution in [3.05, 3.63) is 52.6 Å². The predicted molar refractivity (Wildman–Crippen MR) is 78.8 cm³/mol. The van der Waals surface area contributed by atoms with E-state index in [0.29, 0.717) is 5.75 Å². The molecule has 4 nitrogen and oxygen atoms in total. The van der Waals surface area contributed by atoms with Crippen molar-refractivity contribution in [2.45, 2.75) is 20.3 Å². The van der Waals surface area contributed by atoms with Crippen LogP contribution in [0, 0.1) is 0 Å². The van der Waals surface area contributed by atoms with Crippen LogP contribution in [0.2, 0.25) is 0 Å². The lowest BCUT2D eigenvalue weighted by molar-refractivity contribution is -0.113. The number of fused-ring (bicyclic) bond motifs is 1. The van der Waals surface area contributed by atoms with Crippen LogP contribution in [0.15, 0.2) is 41.5 Å². The highest BCUT2D eigenvalue weighted by Gasteiger charge is 2.36. The van der Waals surface area contributed by atoms with Crippen molar-refractivity contribution >= 4 is 17.3 Å². The van der Waals surface area contributed by atoms with Gasteiger partial charge in [0.15, 0.2) is 11.6 Å². The molecule has 0 heterocycles. The van der Waals surface area contributed by atoms with Gasteiger partial charge in [-0.2, -0.15) is 0 Å². The lowest BCUT2D eigenvalue weighted by atomic mass is 9.80. The van der Waals surface area contributed by atoms with Gasteiger partial charge in [0.1, 0.15) is 5.75 Å². The largest absolute Gasteiger partial charge is 0.496 e. The number of Topliss-reactive ketones (excluding diaryl/α,β-unsaturated/α-hetero) is 3. The molecule has 4 heteroatoms. The molecule has 1 aromatic carbocycles. The van der Waals surface area contributed by atoms with E-state index >= 15 is 0 Å². The number of carbonyl (C=O) groups excluding carboxylic acids is 3. The summed E-state index contributed by atoms with van der Waals surface area (Å²) in [6, 6.07) is 4.83. The zero-order chi connectivity index (χ0) is 15.7. The lowest BCUT2D eigenvalue weighted by Gasteiger charge is -2.21. The molecular weight excluding hydrogens is 268 g/mol. The van der Waals surface area contributed by atoms with Gasteiger partial charge >= 0.3 is 0 Å². The summed E-state index contributed by atoms with van der Waals surface area (Å²) >= 11 is 0. The van der Waals surface area contributed by atoms with Gasteiger partial charge in [-0.15, -0.1) is 0 Å². The Hall–Kier alpha value is -2.49. The fourth-order valence-corrected chi connectivity index (χ4v) is 2.51. The van der Waals surface area contributed by atoms with Gasteiger partial charge in [0, 0.05) is 11.1 Å². The average molecular weight is 284 g/mol. The molecule has 0 atom stereocenters. The van der Waals surface area contributed by atoms with E-state index in [2.05, 4.69) is 6.58 Å². The van der Waals surface area contributed by atoms with Crippen LogP contribution in [0.1, 0.15) is 41.0 Å². The average Bonchev–Trinajstić information content (AvgIpc) is 2.42. The Balaban J connectivity index is 2.74. The number of hydrogen-bond acceptors (Lipinski definition) is 4. The summed E-state index contributed by atoms with van der Waals surface area (Å²) < 4.78 is 5.15. The summed E-state index contributed by atoms with van der Waals surface area (Å²) in [4.78, 5) is 37.1. The van der Waals surface area contributed by atoms with Crippen molar-refractivity contribution in [3.63, 3.8) is 0 Å². The van der Waals surface area contributed by atoms with Gasteiger partial charge in [-0.3, -0.25) is 14.4 Å². The Morgan fingerprint density at radius 2 is 1.86 bits per heavy atom. The number of allylic oxidation sites excluding steroid dienone is 3. The Labute approximate surface area is 123 Å². The molecule has 21 heavy (non-hydrogen) atoms. The third-order valence-corrected chi connectivity index (χ3v) is 3.35. The number of methoxy groups -OCH3 is 1. The summed E-state index contributed by atoms with van der Waals surface area (Å²) in [5, 5.41) is 0. The Kier molecular flexibility index (Phi) is 3.89. The van der Waals surface area contributed by atoms with Crippen LogP contribution in [-0.2, 0) is 4.79 Å². The van der Waals surface area contributed by atoms with E-state index in [9.17, 15) is 14.4 Å². The topological polar surface area (TPSA) is 60.4 Å². The van der Waals surface area contributed by atoms with Crippen molar-refractivity contribution in [1.82, 2.24) is 0 Å². The molecule has 0 saturated carbocycles. The van der Waals surface area contributed by atoms with Crippen molar-refractivity contribution < 1.29 is 19.1 Å². The van der Waals surface area contributed by atoms with E-state index < -0.39 is 11.6 Å². The van der Waals surface area contributed by atoms with E-state index in [4.69, 9.17) is 4.74 Å². The summed E-state index contributed by atoms with van der Waals surface area (Å²) in [6.07, 6.45) is 0.218. The van der Waals surface area contributed by atoms with E-state index in [1.807, 2.05) is 0 Å². The maximum Gasteiger partial charge on any atom is 0.201 e. The van der Waals surface area contributed by atoms with Crippen LogP contribution in [0.5, 0.6) is 5.75 Å². The normalized spacial score (nSPS) is 14.0. The minimum atomic E-state index is -0.453. The summed E-state index contributed by atoms with van der Waals surface area (Å²) in [5.74, 6) is -0.873. The first-order valence-electron chi connectivity index (χ1n) is 6.53. The van der Waals surface area contributed by atoms with E-state index in [1.54, 1.807) is 25.1 Å². The highest BCUT2D eigenvalue weighted by atomic mass is 16.5. The minimum absolute atomic E-state index is 0.0556. The Morgan fingerprint density at radius 1 is 1.19 bits per heavy atom. The van der Waals surface area contributed by atoms with E-state index in [-0.39, 0.29) is 34.5 Å². The first-order valence-corrected chi connectivity index (χ1v) is 6.53. The van der Waals surface area contributed by atoms with Gasteiger partial charge in [-0.05, 0) is 26.3 Å². The maximum absolute atomic E-state index is 12.6. The first kappa shape index (κ1) is 14.9. The molecule has 0 fully saturated rings. The number of ether oxygens (including phenoxy) is 1. The number of hydrogen-bond donors (Lipinski definition) is 0. The van der Waals surface area contributed by atoms with E-state index in [0.717, 1.165) is 5.57 Å². The van der Waals surface area contributed by atoms with Gasteiger partial charge in [0.05, 0.1) is 18.2 Å². The molecule has 0 saturated heterocycles. The molecule has 0 radical (unpaired) electrons. The second-order valence-corrected chi connectivity index (χ2v) is 5.08. The molecule has 0 spiro atoms. The standard InChI is InChI=1S/C17H16O4/c1-9(2)8-12-14(10(3)18)17(20)15-11(16(12)19)6-5-7-13(15)21-4/h5-7H,1,8H2,2-4H3. The molecule has 0 aliphatic heterocycles. The monoisotopic (exact) mass is 284 g/mol. The zero-order valence-electron chi connectivity index (χ0n) is 12.3. The zero-order valence-corrected chi connectivity index (χ0v) is 12.3.